The van der Waals surface area contributed by atoms with Crippen molar-refractivity contribution in [3.8, 4) is 11.3 Å². The maximum absolute atomic E-state index is 12.8. The van der Waals surface area contributed by atoms with Gasteiger partial charge < -0.3 is 4.90 Å². The van der Waals surface area contributed by atoms with Crippen LogP contribution < -0.4 is 0 Å². The highest BCUT2D eigenvalue weighted by molar-refractivity contribution is 5.79. The van der Waals surface area contributed by atoms with Crippen molar-refractivity contribution in [2.45, 2.75) is 32.1 Å². The van der Waals surface area contributed by atoms with E-state index in [2.05, 4.69) is 40.1 Å². The Morgan fingerprint density at radius 2 is 2.04 bits per heavy atom. The number of carbonyl (C=O) groups excluding carboxylic acids is 1. The van der Waals surface area contributed by atoms with Gasteiger partial charge in [0.2, 0.25) is 5.91 Å². The number of piperidine rings is 1. The van der Waals surface area contributed by atoms with Gasteiger partial charge in [-0.1, -0.05) is 29.8 Å². The third-order valence-electron chi connectivity index (χ3n) is 5.26. The van der Waals surface area contributed by atoms with E-state index in [0.717, 1.165) is 41.9 Å². The van der Waals surface area contributed by atoms with Crippen molar-refractivity contribution in [2.75, 3.05) is 13.1 Å². The molecule has 5 nitrogen and oxygen atoms in total. The predicted molar refractivity (Wildman–Crippen MR) is 109 cm³/mol. The zero-order valence-corrected chi connectivity index (χ0v) is 16.1. The van der Waals surface area contributed by atoms with Gasteiger partial charge in [-0.15, -0.1) is 0 Å². The highest BCUT2D eigenvalue weighted by atomic mass is 16.2. The zero-order valence-electron chi connectivity index (χ0n) is 16.1. The Balaban J connectivity index is 1.55. The molecule has 0 aliphatic carbocycles. The number of carbonyl (C=O) groups is 1. The summed E-state index contributed by atoms with van der Waals surface area (Å²) in [5, 5.41) is 0. The highest BCUT2D eigenvalue weighted by Gasteiger charge is 2.28. The Labute approximate surface area is 165 Å². The number of hydrogen-bond acceptors (Lipinski definition) is 4. The number of rotatable bonds is 4. The molecule has 0 radical (unpaired) electrons. The molecular formula is C23H24N4O. The smallest absolute Gasteiger partial charge is 0.227 e. The number of hydrogen-bond donors (Lipinski definition) is 0. The summed E-state index contributed by atoms with van der Waals surface area (Å²) in [6, 6.07) is 12.2. The van der Waals surface area contributed by atoms with Gasteiger partial charge in [-0.3, -0.25) is 19.7 Å². The fraction of sp³-hybridized carbons (Fsp3) is 0.304. The first-order valence-corrected chi connectivity index (χ1v) is 9.75. The summed E-state index contributed by atoms with van der Waals surface area (Å²) in [7, 11) is 0. The lowest BCUT2D eigenvalue weighted by Crippen LogP contribution is -2.40. The van der Waals surface area contributed by atoms with Gasteiger partial charge in [0.15, 0.2) is 0 Å². The molecule has 4 rings (SSSR count). The SMILES string of the molecule is Cc1cccc(-c2nccnc2C2CCCN(C(=O)Cc3cccnc3)C2)c1. The van der Waals surface area contributed by atoms with Gasteiger partial charge >= 0.3 is 0 Å². The number of aromatic nitrogens is 3. The number of nitrogens with zero attached hydrogens (tertiary/aromatic N) is 4. The van der Waals surface area contributed by atoms with Crippen LogP contribution in [-0.4, -0.2) is 38.8 Å². The van der Waals surface area contributed by atoms with Crippen molar-refractivity contribution < 1.29 is 4.79 Å². The average Bonchev–Trinajstić information content (AvgIpc) is 2.74. The lowest BCUT2D eigenvalue weighted by molar-refractivity contribution is -0.131. The molecule has 3 heterocycles. The molecule has 1 saturated heterocycles. The largest absolute Gasteiger partial charge is 0.342 e. The molecule has 3 aromatic rings. The fourth-order valence-electron chi connectivity index (χ4n) is 3.88. The molecule has 0 saturated carbocycles. The van der Waals surface area contributed by atoms with E-state index in [1.807, 2.05) is 23.1 Å². The predicted octanol–water partition coefficient (Wildman–Crippen LogP) is 3.80. The Morgan fingerprint density at radius 1 is 1.14 bits per heavy atom. The quantitative estimate of drug-likeness (QED) is 0.699. The van der Waals surface area contributed by atoms with E-state index < -0.39 is 0 Å². The van der Waals surface area contributed by atoms with Crippen LogP contribution in [0.2, 0.25) is 0 Å². The van der Waals surface area contributed by atoms with E-state index >= 15 is 0 Å². The van der Waals surface area contributed by atoms with E-state index in [0.29, 0.717) is 13.0 Å². The lowest BCUT2D eigenvalue weighted by Gasteiger charge is -2.33. The summed E-state index contributed by atoms with van der Waals surface area (Å²) in [6.45, 7) is 3.57. The minimum atomic E-state index is 0.152. The normalized spacial score (nSPS) is 16.8. The first-order chi connectivity index (χ1) is 13.7. The van der Waals surface area contributed by atoms with E-state index in [9.17, 15) is 4.79 Å². The Hall–Kier alpha value is -3.08. The first-order valence-electron chi connectivity index (χ1n) is 9.75. The maximum atomic E-state index is 12.8. The second-order valence-electron chi connectivity index (χ2n) is 7.38. The lowest BCUT2D eigenvalue weighted by atomic mass is 9.91. The van der Waals surface area contributed by atoms with Gasteiger partial charge in [0.1, 0.15) is 0 Å². The third-order valence-corrected chi connectivity index (χ3v) is 5.26. The summed E-state index contributed by atoms with van der Waals surface area (Å²) in [5.41, 5.74) is 5.16. The molecule has 0 bridgehead atoms. The molecule has 5 heteroatoms. The molecule has 2 aromatic heterocycles. The highest BCUT2D eigenvalue weighted by Crippen LogP contribution is 2.32. The van der Waals surface area contributed by atoms with E-state index in [1.165, 1.54) is 5.56 Å². The first kappa shape index (κ1) is 18.3. The van der Waals surface area contributed by atoms with E-state index in [-0.39, 0.29) is 11.8 Å². The monoisotopic (exact) mass is 372 g/mol. The van der Waals surface area contributed by atoms with Crippen LogP contribution in [0.4, 0.5) is 0 Å². The standard InChI is InChI=1S/C23H24N4O/c1-17-5-2-7-19(13-17)22-23(26-11-10-25-22)20-8-4-12-27(16-20)21(28)14-18-6-3-9-24-15-18/h2-3,5-7,9-11,13,15,20H,4,8,12,14,16H2,1H3. The molecule has 0 spiro atoms. The van der Waals surface area contributed by atoms with Crippen LogP contribution in [0.15, 0.2) is 61.2 Å². The Kier molecular flexibility index (Phi) is 5.42. The molecule has 1 atom stereocenters. The van der Waals surface area contributed by atoms with Crippen LogP contribution in [0.5, 0.6) is 0 Å². The summed E-state index contributed by atoms with van der Waals surface area (Å²) < 4.78 is 0. The summed E-state index contributed by atoms with van der Waals surface area (Å²) >= 11 is 0. The van der Waals surface area contributed by atoms with Gasteiger partial charge in [-0.05, 0) is 37.5 Å². The van der Waals surface area contributed by atoms with Crippen LogP contribution >= 0.6 is 0 Å². The molecule has 1 aliphatic heterocycles. The molecule has 1 unspecified atom stereocenters. The van der Waals surface area contributed by atoms with Crippen molar-refractivity contribution in [1.82, 2.24) is 19.9 Å². The third kappa shape index (κ3) is 4.09. The van der Waals surface area contributed by atoms with Crippen molar-refractivity contribution >= 4 is 5.91 Å². The molecule has 1 amide bonds. The fourth-order valence-corrected chi connectivity index (χ4v) is 3.88. The van der Waals surface area contributed by atoms with Gasteiger partial charge in [0.05, 0.1) is 17.8 Å². The van der Waals surface area contributed by atoms with Crippen molar-refractivity contribution in [3.05, 3.63) is 78.0 Å². The van der Waals surface area contributed by atoms with Crippen molar-refractivity contribution in [1.29, 1.82) is 0 Å². The van der Waals surface area contributed by atoms with Crippen molar-refractivity contribution in [2.24, 2.45) is 0 Å². The van der Waals surface area contributed by atoms with Gasteiger partial charge in [-0.2, -0.15) is 0 Å². The topological polar surface area (TPSA) is 59.0 Å². The molecule has 28 heavy (non-hydrogen) atoms. The van der Waals surface area contributed by atoms with E-state index in [4.69, 9.17) is 0 Å². The Bertz CT molecular complexity index is 958. The number of pyridine rings is 1. The molecule has 0 N–H and O–H groups in total. The summed E-state index contributed by atoms with van der Waals surface area (Å²) in [4.78, 5) is 28.2. The minimum Gasteiger partial charge on any atom is -0.342 e. The van der Waals surface area contributed by atoms with Gasteiger partial charge in [0.25, 0.3) is 0 Å². The maximum Gasteiger partial charge on any atom is 0.227 e. The van der Waals surface area contributed by atoms with Crippen LogP contribution in [-0.2, 0) is 11.2 Å². The summed E-state index contributed by atoms with van der Waals surface area (Å²) in [6.07, 6.45) is 9.39. The number of amides is 1. The van der Waals surface area contributed by atoms with Crippen molar-refractivity contribution in [3.63, 3.8) is 0 Å². The molecule has 1 fully saturated rings. The number of likely N-dealkylation sites (tertiary alicyclic amines) is 1. The van der Waals surface area contributed by atoms with E-state index in [1.54, 1.807) is 24.8 Å². The van der Waals surface area contributed by atoms with Gasteiger partial charge in [0, 0.05) is 49.4 Å². The van der Waals surface area contributed by atoms with Gasteiger partial charge in [-0.25, -0.2) is 0 Å². The molecule has 142 valence electrons. The van der Waals surface area contributed by atoms with Crippen LogP contribution in [0, 0.1) is 6.92 Å². The summed E-state index contributed by atoms with van der Waals surface area (Å²) in [5.74, 6) is 0.356. The molecule has 1 aliphatic rings. The Morgan fingerprint density at radius 3 is 2.86 bits per heavy atom. The van der Waals surface area contributed by atoms with Crippen LogP contribution in [0.1, 0.15) is 35.6 Å². The van der Waals surface area contributed by atoms with Crippen LogP contribution in [0.3, 0.4) is 0 Å². The average molecular weight is 372 g/mol. The zero-order chi connectivity index (χ0) is 19.3. The molecular weight excluding hydrogens is 348 g/mol. The molecule has 1 aromatic carbocycles. The second-order valence-corrected chi connectivity index (χ2v) is 7.38. The minimum absolute atomic E-state index is 0.152. The number of benzene rings is 1. The second kappa shape index (κ2) is 8.30. The number of aryl methyl sites for hydroxylation is 1. The van der Waals surface area contributed by atoms with Crippen LogP contribution in [0.25, 0.3) is 11.3 Å².